The van der Waals surface area contributed by atoms with E-state index in [0.29, 0.717) is 5.78 Å². The van der Waals surface area contributed by atoms with E-state index in [4.69, 9.17) is 0 Å². The summed E-state index contributed by atoms with van der Waals surface area (Å²) in [6, 6.07) is 7.97. The standard InChI is InChI=1S/C14H15NO/c1-14(2)7-11(14)13(16)10-8-15-12-6-4-3-5-9(10)12/h3-6,8,11,15H,7H2,1-2H3. The lowest BCUT2D eigenvalue weighted by Crippen LogP contribution is -2.05. The van der Waals surface area contributed by atoms with E-state index in [0.717, 1.165) is 22.9 Å². The summed E-state index contributed by atoms with van der Waals surface area (Å²) < 4.78 is 0. The molecular weight excluding hydrogens is 198 g/mol. The summed E-state index contributed by atoms with van der Waals surface area (Å²) in [6.07, 6.45) is 2.87. The van der Waals surface area contributed by atoms with Crippen molar-refractivity contribution >= 4 is 16.7 Å². The van der Waals surface area contributed by atoms with Crippen LogP contribution in [0.5, 0.6) is 0 Å². The second-order valence-electron chi connectivity index (χ2n) is 5.36. The van der Waals surface area contributed by atoms with Crippen LogP contribution in [0.25, 0.3) is 10.9 Å². The Morgan fingerprint density at radius 3 is 2.75 bits per heavy atom. The van der Waals surface area contributed by atoms with Gasteiger partial charge >= 0.3 is 0 Å². The predicted octanol–water partition coefficient (Wildman–Crippen LogP) is 3.40. The molecule has 1 unspecified atom stereocenters. The van der Waals surface area contributed by atoms with Crippen molar-refractivity contribution in [2.75, 3.05) is 0 Å². The molecule has 0 radical (unpaired) electrons. The molecule has 1 atom stereocenters. The number of aromatic amines is 1. The Kier molecular flexibility index (Phi) is 1.79. The van der Waals surface area contributed by atoms with Crippen molar-refractivity contribution < 1.29 is 4.79 Å². The van der Waals surface area contributed by atoms with Crippen molar-refractivity contribution in [1.29, 1.82) is 0 Å². The van der Waals surface area contributed by atoms with E-state index in [-0.39, 0.29) is 11.3 Å². The van der Waals surface area contributed by atoms with Gasteiger partial charge in [-0.15, -0.1) is 0 Å². The number of carbonyl (C=O) groups is 1. The first-order chi connectivity index (χ1) is 7.59. The highest BCUT2D eigenvalue weighted by Gasteiger charge is 2.50. The first-order valence-corrected chi connectivity index (χ1v) is 5.70. The third kappa shape index (κ3) is 1.29. The number of fused-ring (bicyclic) bond motifs is 1. The van der Waals surface area contributed by atoms with Crippen molar-refractivity contribution in [3.63, 3.8) is 0 Å². The SMILES string of the molecule is CC1(C)CC1C(=O)c1c[nH]c2ccccc12. The number of hydrogen-bond acceptors (Lipinski definition) is 1. The molecular formula is C14H15NO. The number of carbonyl (C=O) groups excluding carboxylic acids is 1. The summed E-state index contributed by atoms with van der Waals surface area (Å²) >= 11 is 0. The van der Waals surface area contributed by atoms with Gasteiger partial charge in [0.25, 0.3) is 0 Å². The highest BCUT2D eigenvalue weighted by molar-refractivity contribution is 6.10. The molecule has 0 aliphatic heterocycles. The van der Waals surface area contributed by atoms with Gasteiger partial charge in [0.15, 0.2) is 5.78 Å². The lowest BCUT2D eigenvalue weighted by Gasteiger charge is -2.01. The zero-order valence-corrected chi connectivity index (χ0v) is 9.58. The number of benzene rings is 1. The fourth-order valence-electron chi connectivity index (χ4n) is 2.38. The largest absolute Gasteiger partial charge is 0.360 e. The maximum absolute atomic E-state index is 12.3. The zero-order valence-electron chi connectivity index (χ0n) is 9.58. The van der Waals surface area contributed by atoms with Gasteiger partial charge in [0, 0.05) is 28.6 Å². The van der Waals surface area contributed by atoms with Gasteiger partial charge in [-0.1, -0.05) is 32.0 Å². The third-order valence-corrected chi connectivity index (χ3v) is 3.68. The Morgan fingerprint density at radius 1 is 1.38 bits per heavy atom. The Hall–Kier alpha value is -1.57. The maximum Gasteiger partial charge on any atom is 0.168 e. The van der Waals surface area contributed by atoms with Gasteiger partial charge in [0.1, 0.15) is 0 Å². The van der Waals surface area contributed by atoms with Crippen LogP contribution in [0.2, 0.25) is 0 Å². The van der Waals surface area contributed by atoms with E-state index in [1.54, 1.807) is 0 Å². The highest BCUT2D eigenvalue weighted by atomic mass is 16.1. The van der Waals surface area contributed by atoms with Crippen molar-refractivity contribution in [3.05, 3.63) is 36.0 Å². The van der Waals surface area contributed by atoms with Crippen LogP contribution in [-0.4, -0.2) is 10.8 Å². The summed E-state index contributed by atoms with van der Waals surface area (Å²) in [5, 5.41) is 1.05. The lowest BCUT2D eigenvalue weighted by molar-refractivity contribution is 0.0955. The van der Waals surface area contributed by atoms with Gasteiger partial charge < -0.3 is 4.98 Å². The minimum absolute atomic E-state index is 0.204. The third-order valence-electron chi connectivity index (χ3n) is 3.68. The number of Topliss-reactive ketones (excluding diaryl/α,β-unsaturated/α-hetero) is 1. The van der Waals surface area contributed by atoms with E-state index >= 15 is 0 Å². The molecule has 1 aliphatic rings. The van der Waals surface area contributed by atoms with Crippen LogP contribution in [0.15, 0.2) is 30.5 Å². The number of rotatable bonds is 2. The first-order valence-electron chi connectivity index (χ1n) is 5.70. The fourth-order valence-corrected chi connectivity index (χ4v) is 2.38. The van der Waals surface area contributed by atoms with E-state index in [1.165, 1.54) is 0 Å². The topological polar surface area (TPSA) is 32.9 Å². The molecule has 0 amide bonds. The number of ketones is 1. The Bertz CT molecular complexity index is 565. The Labute approximate surface area is 94.7 Å². The summed E-state index contributed by atoms with van der Waals surface area (Å²) in [5.74, 6) is 0.508. The second-order valence-corrected chi connectivity index (χ2v) is 5.36. The van der Waals surface area contributed by atoms with Crippen molar-refractivity contribution in [2.24, 2.45) is 11.3 Å². The molecule has 82 valence electrons. The summed E-state index contributed by atoms with van der Waals surface area (Å²) in [6.45, 7) is 4.31. The molecule has 1 N–H and O–H groups in total. The van der Waals surface area contributed by atoms with E-state index in [2.05, 4.69) is 18.8 Å². The van der Waals surface area contributed by atoms with Crippen LogP contribution in [0.4, 0.5) is 0 Å². The summed E-state index contributed by atoms with van der Waals surface area (Å²) in [7, 11) is 0. The molecule has 0 saturated heterocycles. The van der Waals surface area contributed by atoms with Crippen LogP contribution in [-0.2, 0) is 0 Å². The van der Waals surface area contributed by atoms with Crippen LogP contribution in [0.3, 0.4) is 0 Å². The van der Waals surface area contributed by atoms with Gasteiger partial charge in [0.05, 0.1) is 0 Å². The van der Waals surface area contributed by atoms with Gasteiger partial charge in [-0.2, -0.15) is 0 Å². The minimum Gasteiger partial charge on any atom is -0.360 e. The zero-order chi connectivity index (χ0) is 11.3. The monoisotopic (exact) mass is 213 g/mol. The van der Waals surface area contributed by atoms with Crippen LogP contribution in [0.1, 0.15) is 30.6 Å². The van der Waals surface area contributed by atoms with E-state index < -0.39 is 0 Å². The molecule has 1 fully saturated rings. The van der Waals surface area contributed by atoms with E-state index in [9.17, 15) is 4.79 Å². The number of para-hydroxylation sites is 1. The van der Waals surface area contributed by atoms with Crippen LogP contribution in [0, 0.1) is 11.3 Å². The number of hydrogen-bond donors (Lipinski definition) is 1. The number of nitrogens with one attached hydrogen (secondary N) is 1. The summed E-state index contributed by atoms with van der Waals surface area (Å²) in [4.78, 5) is 15.4. The van der Waals surface area contributed by atoms with Crippen LogP contribution >= 0.6 is 0 Å². The number of H-pyrrole nitrogens is 1. The number of aromatic nitrogens is 1. The Morgan fingerprint density at radius 2 is 2.06 bits per heavy atom. The van der Waals surface area contributed by atoms with Crippen LogP contribution < -0.4 is 0 Å². The average Bonchev–Trinajstić information content (AvgIpc) is 2.74. The van der Waals surface area contributed by atoms with Crippen molar-refractivity contribution in [2.45, 2.75) is 20.3 Å². The summed E-state index contributed by atoms with van der Waals surface area (Å²) in [5.41, 5.74) is 2.10. The molecule has 1 heterocycles. The molecule has 2 nitrogen and oxygen atoms in total. The quantitative estimate of drug-likeness (QED) is 0.762. The Balaban J connectivity index is 2.04. The van der Waals surface area contributed by atoms with Crippen molar-refractivity contribution in [3.8, 4) is 0 Å². The fraction of sp³-hybridized carbons (Fsp3) is 0.357. The molecule has 1 aliphatic carbocycles. The van der Waals surface area contributed by atoms with E-state index in [1.807, 2.05) is 30.5 Å². The molecule has 0 spiro atoms. The molecule has 1 saturated carbocycles. The molecule has 1 aromatic carbocycles. The van der Waals surface area contributed by atoms with Gasteiger partial charge in [0.2, 0.25) is 0 Å². The predicted molar refractivity (Wildman–Crippen MR) is 64.5 cm³/mol. The second kappa shape index (κ2) is 2.97. The first kappa shape index (κ1) is 9.64. The molecule has 0 bridgehead atoms. The minimum atomic E-state index is 0.204. The van der Waals surface area contributed by atoms with Gasteiger partial charge in [-0.3, -0.25) is 4.79 Å². The van der Waals surface area contributed by atoms with Gasteiger partial charge in [-0.05, 0) is 17.9 Å². The molecule has 2 aromatic rings. The molecule has 1 aromatic heterocycles. The highest BCUT2D eigenvalue weighted by Crippen LogP contribution is 2.53. The normalized spacial score (nSPS) is 22.2. The molecule has 16 heavy (non-hydrogen) atoms. The maximum atomic E-state index is 12.3. The average molecular weight is 213 g/mol. The van der Waals surface area contributed by atoms with Gasteiger partial charge in [-0.25, -0.2) is 0 Å². The molecule has 2 heteroatoms. The smallest absolute Gasteiger partial charge is 0.168 e. The van der Waals surface area contributed by atoms with Crippen molar-refractivity contribution in [1.82, 2.24) is 4.98 Å². The lowest BCUT2D eigenvalue weighted by atomic mass is 10.0. The molecule has 3 rings (SSSR count).